The number of benzene rings is 1. The first-order valence-electron chi connectivity index (χ1n) is 6.62. The van der Waals surface area contributed by atoms with Crippen molar-refractivity contribution in [2.45, 2.75) is 13.0 Å². The van der Waals surface area contributed by atoms with Crippen LogP contribution in [0.25, 0.3) is 11.1 Å². The van der Waals surface area contributed by atoms with Gasteiger partial charge in [-0.05, 0) is 24.1 Å². The second kappa shape index (κ2) is 6.77. The summed E-state index contributed by atoms with van der Waals surface area (Å²) in [6.07, 6.45) is -0.863. The number of nitrogens with zero attached hydrogens (tertiary/aromatic N) is 1. The standard InChI is InChI=1S/C16H17ClN2O3/c1-9-8-12(18)13(15(17)19-9)10-6-4-5-7-11(10)14(21-2)16(20)22-3/h4-8,14H,1-3H3,(H2,18,19). The van der Waals surface area contributed by atoms with Crippen molar-refractivity contribution in [2.75, 3.05) is 20.0 Å². The molecule has 6 heteroatoms. The first-order valence-corrected chi connectivity index (χ1v) is 7.00. The highest BCUT2D eigenvalue weighted by Gasteiger charge is 2.25. The molecule has 0 aliphatic heterocycles. The molecule has 0 aliphatic rings. The minimum Gasteiger partial charge on any atom is -0.467 e. The molecule has 1 unspecified atom stereocenters. The monoisotopic (exact) mass is 320 g/mol. The van der Waals surface area contributed by atoms with Crippen LogP contribution in [0.15, 0.2) is 30.3 Å². The number of hydrogen-bond donors (Lipinski definition) is 1. The molecule has 5 nitrogen and oxygen atoms in total. The van der Waals surface area contributed by atoms with E-state index < -0.39 is 12.1 Å². The number of rotatable bonds is 4. The fourth-order valence-corrected chi connectivity index (χ4v) is 2.68. The summed E-state index contributed by atoms with van der Waals surface area (Å²) in [4.78, 5) is 16.2. The molecule has 2 N–H and O–H groups in total. The molecule has 0 saturated heterocycles. The molecule has 0 fully saturated rings. The number of aryl methyl sites for hydroxylation is 1. The van der Waals surface area contributed by atoms with Gasteiger partial charge in [-0.3, -0.25) is 0 Å². The van der Waals surface area contributed by atoms with Gasteiger partial charge in [0.15, 0.2) is 6.10 Å². The Kier molecular flexibility index (Phi) is 5.00. The van der Waals surface area contributed by atoms with Gasteiger partial charge in [-0.2, -0.15) is 0 Å². The Hall–Kier alpha value is -2.11. The summed E-state index contributed by atoms with van der Waals surface area (Å²) >= 11 is 6.25. The van der Waals surface area contributed by atoms with Gasteiger partial charge < -0.3 is 15.2 Å². The minimum atomic E-state index is -0.863. The van der Waals surface area contributed by atoms with Gasteiger partial charge in [-0.15, -0.1) is 0 Å². The first-order chi connectivity index (χ1) is 10.5. The molecule has 0 radical (unpaired) electrons. The van der Waals surface area contributed by atoms with Crippen LogP contribution < -0.4 is 5.73 Å². The maximum atomic E-state index is 11.9. The summed E-state index contributed by atoms with van der Waals surface area (Å²) < 4.78 is 10.1. The van der Waals surface area contributed by atoms with Crippen molar-refractivity contribution in [1.82, 2.24) is 4.98 Å². The Morgan fingerprint density at radius 3 is 2.59 bits per heavy atom. The summed E-state index contributed by atoms with van der Waals surface area (Å²) in [6.45, 7) is 1.81. The molecular weight excluding hydrogens is 304 g/mol. The smallest absolute Gasteiger partial charge is 0.339 e. The fourth-order valence-electron chi connectivity index (χ4n) is 2.34. The van der Waals surface area contributed by atoms with Crippen LogP contribution in [-0.4, -0.2) is 25.2 Å². The Bertz CT molecular complexity index is 681. The van der Waals surface area contributed by atoms with Gasteiger partial charge in [0.2, 0.25) is 0 Å². The van der Waals surface area contributed by atoms with E-state index in [1.165, 1.54) is 14.2 Å². The molecule has 22 heavy (non-hydrogen) atoms. The zero-order valence-electron chi connectivity index (χ0n) is 12.6. The van der Waals surface area contributed by atoms with E-state index in [1.54, 1.807) is 18.2 Å². The van der Waals surface area contributed by atoms with Crippen LogP contribution in [0.2, 0.25) is 5.15 Å². The van der Waals surface area contributed by atoms with E-state index in [-0.39, 0.29) is 5.15 Å². The largest absolute Gasteiger partial charge is 0.467 e. The van der Waals surface area contributed by atoms with Crippen LogP contribution >= 0.6 is 11.6 Å². The zero-order valence-corrected chi connectivity index (χ0v) is 13.3. The molecule has 1 atom stereocenters. The Balaban J connectivity index is 2.66. The summed E-state index contributed by atoms with van der Waals surface area (Å²) in [5.74, 6) is -0.496. The highest BCUT2D eigenvalue weighted by molar-refractivity contribution is 6.32. The zero-order chi connectivity index (χ0) is 16.3. The quantitative estimate of drug-likeness (QED) is 0.692. The molecule has 0 spiro atoms. The second-order valence-corrected chi connectivity index (χ2v) is 5.10. The van der Waals surface area contributed by atoms with Crippen molar-refractivity contribution in [3.05, 3.63) is 46.7 Å². The van der Waals surface area contributed by atoms with E-state index in [1.807, 2.05) is 19.1 Å². The predicted octanol–water partition coefficient (Wildman–Crippen LogP) is 3.15. The van der Waals surface area contributed by atoms with Crippen LogP contribution in [0, 0.1) is 6.92 Å². The van der Waals surface area contributed by atoms with Crippen LogP contribution in [0.1, 0.15) is 17.4 Å². The van der Waals surface area contributed by atoms with E-state index in [2.05, 4.69) is 4.98 Å². The summed E-state index contributed by atoms with van der Waals surface area (Å²) in [6, 6.07) is 8.96. The van der Waals surface area contributed by atoms with Crippen LogP contribution in [0.3, 0.4) is 0 Å². The fraction of sp³-hybridized carbons (Fsp3) is 0.250. The average molecular weight is 321 g/mol. The molecule has 1 heterocycles. The van der Waals surface area contributed by atoms with Crippen molar-refractivity contribution in [3.63, 3.8) is 0 Å². The van der Waals surface area contributed by atoms with E-state index in [4.69, 9.17) is 26.8 Å². The number of ether oxygens (including phenoxy) is 2. The number of hydrogen-bond acceptors (Lipinski definition) is 5. The highest BCUT2D eigenvalue weighted by Crippen LogP contribution is 2.37. The number of anilines is 1. The lowest BCUT2D eigenvalue weighted by molar-refractivity contribution is -0.152. The van der Waals surface area contributed by atoms with Gasteiger partial charge in [0.25, 0.3) is 0 Å². The van der Waals surface area contributed by atoms with Gasteiger partial charge in [0.05, 0.1) is 7.11 Å². The highest BCUT2D eigenvalue weighted by atomic mass is 35.5. The normalized spacial score (nSPS) is 12.0. The molecule has 0 amide bonds. The van der Waals surface area contributed by atoms with Crippen LogP contribution in [0.5, 0.6) is 0 Å². The maximum Gasteiger partial charge on any atom is 0.339 e. The minimum absolute atomic E-state index is 0.282. The summed E-state index contributed by atoms with van der Waals surface area (Å²) in [5, 5.41) is 0.282. The Morgan fingerprint density at radius 2 is 2.00 bits per heavy atom. The molecular formula is C16H17ClN2O3. The van der Waals surface area contributed by atoms with Crippen molar-refractivity contribution in [1.29, 1.82) is 0 Å². The number of halogens is 1. The average Bonchev–Trinajstić information content (AvgIpc) is 2.48. The predicted molar refractivity (Wildman–Crippen MR) is 85.6 cm³/mol. The molecule has 1 aromatic carbocycles. The number of aromatic nitrogens is 1. The number of methoxy groups -OCH3 is 2. The van der Waals surface area contributed by atoms with Gasteiger partial charge in [0, 0.05) is 24.1 Å². The number of esters is 1. The van der Waals surface area contributed by atoms with Gasteiger partial charge in [0.1, 0.15) is 5.15 Å². The molecule has 0 bridgehead atoms. The van der Waals surface area contributed by atoms with Gasteiger partial charge in [-0.1, -0.05) is 35.9 Å². The lowest BCUT2D eigenvalue weighted by atomic mass is 9.96. The first kappa shape index (κ1) is 16.3. The third-order valence-electron chi connectivity index (χ3n) is 3.30. The van der Waals surface area contributed by atoms with Crippen LogP contribution in [0.4, 0.5) is 5.69 Å². The summed E-state index contributed by atoms with van der Waals surface area (Å²) in [7, 11) is 2.75. The third kappa shape index (κ3) is 3.05. The maximum absolute atomic E-state index is 11.9. The van der Waals surface area contributed by atoms with Crippen molar-refractivity contribution in [3.8, 4) is 11.1 Å². The van der Waals surface area contributed by atoms with E-state index in [9.17, 15) is 4.79 Å². The number of nitrogen functional groups attached to an aromatic ring is 1. The lowest BCUT2D eigenvalue weighted by Gasteiger charge is -2.18. The Morgan fingerprint density at radius 1 is 1.32 bits per heavy atom. The van der Waals surface area contributed by atoms with E-state index in [0.29, 0.717) is 22.4 Å². The molecule has 116 valence electrons. The Labute approximate surface area is 134 Å². The van der Waals surface area contributed by atoms with Crippen molar-refractivity contribution < 1.29 is 14.3 Å². The number of carbonyl (C=O) groups is 1. The number of nitrogens with two attached hydrogens (primary N) is 1. The van der Waals surface area contributed by atoms with Gasteiger partial charge in [-0.25, -0.2) is 9.78 Å². The van der Waals surface area contributed by atoms with Crippen molar-refractivity contribution in [2.24, 2.45) is 0 Å². The summed E-state index contributed by atoms with van der Waals surface area (Å²) in [5.41, 5.74) is 9.19. The van der Waals surface area contributed by atoms with Crippen molar-refractivity contribution >= 4 is 23.3 Å². The lowest BCUT2D eigenvalue weighted by Crippen LogP contribution is -2.17. The molecule has 0 saturated carbocycles. The van der Waals surface area contributed by atoms with Crippen LogP contribution in [-0.2, 0) is 14.3 Å². The molecule has 2 aromatic rings. The number of pyridine rings is 1. The SMILES string of the molecule is COC(=O)C(OC)c1ccccc1-c1c(N)cc(C)nc1Cl. The third-order valence-corrected chi connectivity index (χ3v) is 3.57. The molecule has 1 aromatic heterocycles. The number of carbonyl (C=O) groups excluding carboxylic acids is 1. The van der Waals surface area contributed by atoms with E-state index in [0.717, 1.165) is 5.69 Å². The van der Waals surface area contributed by atoms with E-state index >= 15 is 0 Å². The molecule has 2 rings (SSSR count). The molecule has 0 aliphatic carbocycles. The van der Waals surface area contributed by atoms with Gasteiger partial charge >= 0.3 is 5.97 Å². The topological polar surface area (TPSA) is 74.4 Å². The second-order valence-electron chi connectivity index (χ2n) is 4.74.